The Labute approximate surface area is 115 Å². The van der Waals surface area contributed by atoms with Crippen LogP contribution in [-0.2, 0) is 13.7 Å². The van der Waals surface area contributed by atoms with E-state index in [4.69, 9.17) is 4.74 Å². The first-order valence-corrected chi connectivity index (χ1v) is 6.29. The molecule has 0 saturated carbocycles. The third-order valence-electron chi connectivity index (χ3n) is 3.25. The van der Waals surface area contributed by atoms with E-state index >= 15 is 0 Å². The fraction of sp³-hybridized carbons (Fsp3) is 0.125. The summed E-state index contributed by atoms with van der Waals surface area (Å²) in [6, 6.07) is 11.6. The standard InChI is InChI=1S/C16H14FNO2/c1-18-9-11(16-14(17)6-3-7-15(16)18)10-20-13-5-2-4-12(19)8-13/h2-9,19H,10H2,1H3. The summed E-state index contributed by atoms with van der Waals surface area (Å²) < 4.78 is 21.4. The maximum absolute atomic E-state index is 13.9. The molecule has 0 aliphatic carbocycles. The third kappa shape index (κ3) is 2.20. The molecule has 1 N–H and O–H groups in total. The second kappa shape index (κ2) is 4.89. The number of fused-ring (bicyclic) bond motifs is 1. The number of aromatic nitrogens is 1. The first kappa shape index (κ1) is 12.5. The largest absolute Gasteiger partial charge is 0.508 e. The summed E-state index contributed by atoms with van der Waals surface area (Å²) in [7, 11) is 1.87. The average molecular weight is 271 g/mol. The van der Waals surface area contributed by atoms with E-state index in [1.807, 2.05) is 23.9 Å². The minimum absolute atomic E-state index is 0.145. The van der Waals surface area contributed by atoms with Crippen LogP contribution in [-0.4, -0.2) is 9.67 Å². The molecular formula is C16H14FNO2. The zero-order valence-corrected chi connectivity index (χ0v) is 11.0. The lowest BCUT2D eigenvalue weighted by molar-refractivity contribution is 0.305. The lowest BCUT2D eigenvalue weighted by Gasteiger charge is -2.05. The van der Waals surface area contributed by atoms with E-state index in [2.05, 4.69) is 0 Å². The zero-order chi connectivity index (χ0) is 14.1. The topological polar surface area (TPSA) is 34.4 Å². The van der Waals surface area contributed by atoms with Crippen molar-refractivity contribution in [2.75, 3.05) is 0 Å². The van der Waals surface area contributed by atoms with Crippen molar-refractivity contribution >= 4 is 10.9 Å². The Morgan fingerprint density at radius 2 is 2.00 bits per heavy atom. The number of phenolic OH excluding ortho intramolecular Hbond substituents is 1. The van der Waals surface area contributed by atoms with Crippen LogP contribution in [0.5, 0.6) is 11.5 Å². The molecule has 3 aromatic rings. The Morgan fingerprint density at radius 1 is 1.20 bits per heavy atom. The molecule has 0 saturated heterocycles. The van der Waals surface area contributed by atoms with E-state index in [1.54, 1.807) is 24.3 Å². The van der Waals surface area contributed by atoms with Gasteiger partial charge in [-0.05, 0) is 24.3 Å². The molecule has 0 aliphatic rings. The van der Waals surface area contributed by atoms with Crippen molar-refractivity contribution in [3.8, 4) is 11.5 Å². The molecule has 0 unspecified atom stereocenters. The van der Waals surface area contributed by atoms with E-state index < -0.39 is 0 Å². The van der Waals surface area contributed by atoms with Crippen LogP contribution in [0, 0.1) is 5.82 Å². The van der Waals surface area contributed by atoms with Crippen LogP contribution in [0.25, 0.3) is 10.9 Å². The SMILES string of the molecule is Cn1cc(COc2cccc(O)c2)c2c(F)cccc21. The molecule has 0 amide bonds. The Hall–Kier alpha value is -2.49. The third-order valence-corrected chi connectivity index (χ3v) is 3.25. The van der Waals surface area contributed by atoms with Crippen LogP contribution in [0.15, 0.2) is 48.7 Å². The van der Waals surface area contributed by atoms with Gasteiger partial charge < -0.3 is 14.4 Å². The minimum atomic E-state index is -0.252. The van der Waals surface area contributed by atoms with Gasteiger partial charge in [0.15, 0.2) is 0 Å². The van der Waals surface area contributed by atoms with Crippen LogP contribution in [0.4, 0.5) is 4.39 Å². The summed E-state index contributed by atoms with van der Waals surface area (Å²) >= 11 is 0. The van der Waals surface area contributed by atoms with Crippen molar-refractivity contribution in [2.45, 2.75) is 6.61 Å². The van der Waals surface area contributed by atoms with Gasteiger partial charge in [0.2, 0.25) is 0 Å². The monoisotopic (exact) mass is 271 g/mol. The van der Waals surface area contributed by atoms with E-state index in [1.165, 1.54) is 12.1 Å². The summed E-state index contributed by atoms with van der Waals surface area (Å²) in [5, 5.41) is 9.96. The second-order valence-electron chi connectivity index (χ2n) is 4.69. The molecule has 0 fully saturated rings. The first-order chi connectivity index (χ1) is 9.65. The molecule has 0 bridgehead atoms. The number of rotatable bonds is 3. The molecule has 0 radical (unpaired) electrons. The molecule has 0 aliphatic heterocycles. The van der Waals surface area contributed by atoms with Crippen LogP contribution in [0.1, 0.15) is 5.56 Å². The van der Waals surface area contributed by atoms with E-state index in [0.29, 0.717) is 11.1 Å². The Balaban J connectivity index is 1.92. The quantitative estimate of drug-likeness (QED) is 0.789. The van der Waals surface area contributed by atoms with E-state index in [0.717, 1.165) is 11.1 Å². The van der Waals surface area contributed by atoms with Gasteiger partial charge in [-0.1, -0.05) is 12.1 Å². The van der Waals surface area contributed by atoms with Crippen LogP contribution in [0.2, 0.25) is 0 Å². The summed E-state index contributed by atoms with van der Waals surface area (Å²) in [4.78, 5) is 0. The molecule has 0 atom stereocenters. The fourth-order valence-corrected chi connectivity index (χ4v) is 2.34. The van der Waals surface area contributed by atoms with E-state index in [-0.39, 0.29) is 18.2 Å². The van der Waals surface area contributed by atoms with Gasteiger partial charge in [0.25, 0.3) is 0 Å². The second-order valence-corrected chi connectivity index (χ2v) is 4.69. The van der Waals surface area contributed by atoms with Crippen molar-refractivity contribution in [2.24, 2.45) is 7.05 Å². The Bertz CT molecular complexity index is 764. The predicted molar refractivity (Wildman–Crippen MR) is 75.3 cm³/mol. The Morgan fingerprint density at radius 3 is 2.80 bits per heavy atom. The molecule has 4 heteroatoms. The van der Waals surface area contributed by atoms with Gasteiger partial charge in [0.1, 0.15) is 23.9 Å². The van der Waals surface area contributed by atoms with Crippen molar-refractivity contribution in [1.29, 1.82) is 0 Å². The normalized spacial score (nSPS) is 10.9. The van der Waals surface area contributed by atoms with Crippen molar-refractivity contribution in [3.63, 3.8) is 0 Å². The maximum atomic E-state index is 13.9. The van der Waals surface area contributed by atoms with Gasteiger partial charge in [-0.3, -0.25) is 0 Å². The van der Waals surface area contributed by atoms with Gasteiger partial charge in [-0.25, -0.2) is 4.39 Å². The molecule has 102 valence electrons. The van der Waals surface area contributed by atoms with Crippen LogP contribution >= 0.6 is 0 Å². The zero-order valence-electron chi connectivity index (χ0n) is 11.0. The summed E-state index contributed by atoms with van der Waals surface area (Å²) in [5.74, 6) is 0.447. The number of aromatic hydroxyl groups is 1. The van der Waals surface area contributed by atoms with Gasteiger partial charge >= 0.3 is 0 Å². The minimum Gasteiger partial charge on any atom is -0.508 e. The van der Waals surface area contributed by atoms with Gasteiger partial charge in [0, 0.05) is 30.3 Å². The highest BCUT2D eigenvalue weighted by Crippen LogP contribution is 2.25. The van der Waals surface area contributed by atoms with Crippen molar-refractivity contribution in [3.05, 3.63) is 60.0 Å². The molecule has 1 heterocycles. The predicted octanol–water partition coefficient (Wildman–Crippen LogP) is 3.60. The van der Waals surface area contributed by atoms with Crippen molar-refractivity contribution in [1.82, 2.24) is 4.57 Å². The summed E-state index contributed by atoms with van der Waals surface area (Å²) in [6.45, 7) is 0.252. The highest BCUT2D eigenvalue weighted by molar-refractivity contribution is 5.84. The average Bonchev–Trinajstić information content (AvgIpc) is 2.75. The highest BCUT2D eigenvalue weighted by atomic mass is 19.1. The summed E-state index contributed by atoms with van der Waals surface area (Å²) in [6.07, 6.45) is 1.86. The first-order valence-electron chi connectivity index (χ1n) is 6.29. The Kier molecular flexibility index (Phi) is 3.06. The van der Waals surface area contributed by atoms with Crippen LogP contribution in [0.3, 0.4) is 0 Å². The molecule has 20 heavy (non-hydrogen) atoms. The number of benzene rings is 2. The molecule has 2 aromatic carbocycles. The lowest BCUT2D eigenvalue weighted by Crippen LogP contribution is -1.95. The number of hydrogen-bond acceptors (Lipinski definition) is 2. The molecule has 3 nitrogen and oxygen atoms in total. The molecule has 3 rings (SSSR count). The highest BCUT2D eigenvalue weighted by Gasteiger charge is 2.11. The van der Waals surface area contributed by atoms with Gasteiger partial charge in [-0.15, -0.1) is 0 Å². The smallest absolute Gasteiger partial charge is 0.132 e. The van der Waals surface area contributed by atoms with Crippen LogP contribution < -0.4 is 4.74 Å². The molecular weight excluding hydrogens is 257 g/mol. The van der Waals surface area contributed by atoms with Gasteiger partial charge in [0.05, 0.1) is 5.52 Å². The number of halogens is 1. The number of phenols is 1. The lowest BCUT2D eigenvalue weighted by atomic mass is 10.2. The van der Waals surface area contributed by atoms with E-state index in [9.17, 15) is 9.50 Å². The number of aryl methyl sites for hydroxylation is 1. The molecule has 0 spiro atoms. The fourth-order valence-electron chi connectivity index (χ4n) is 2.34. The maximum Gasteiger partial charge on any atom is 0.132 e. The van der Waals surface area contributed by atoms with Gasteiger partial charge in [-0.2, -0.15) is 0 Å². The van der Waals surface area contributed by atoms with Crippen molar-refractivity contribution < 1.29 is 14.2 Å². The number of nitrogens with zero attached hydrogens (tertiary/aromatic N) is 1. The summed E-state index contributed by atoms with van der Waals surface area (Å²) in [5.41, 5.74) is 1.61. The number of hydrogen-bond donors (Lipinski definition) is 1. The number of ether oxygens (including phenoxy) is 1. The molecule has 1 aromatic heterocycles.